The molecule has 4 N–H and O–H groups in total. The maximum atomic E-state index is 11.5. The summed E-state index contributed by atoms with van der Waals surface area (Å²) < 4.78 is 0. The van der Waals surface area contributed by atoms with Gasteiger partial charge in [0.15, 0.2) is 0 Å². The van der Waals surface area contributed by atoms with Crippen molar-refractivity contribution < 1.29 is 9.90 Å². The number of rotatable bonds is 4. The summed E-state index contributed by atoms with van der Waals surface area (Å²) in [5.41, 5.74) is 0.144. The van der Waals surface area contributed by atoms with Crippen molar-refractivity contribution in [1.82, 2.24) is 20.8 Å². The summed E-state index contributed by atoms with van der Waals surface area (Å²) in [5.74, 6) is 0. The highest BCUT2D eigenvalue weighted by atomic mass is 16.3. The molecule has 1 saturated carbocycles. The molecule has 6 heteroatoms. The van der Waals surface area contributed by atoms with Crippen LogP contribution in [0.25, 0.3) is 0 Å². The summed E-state index contributed by atoms with van der Waals surface area (Å²) in [6.45, 7) is 0.728. The van der Waals surface area contributed by atoms with Crippen LogP contribution in [0, 0.1) is 0 Å². The van der Waals surface area contributed by atoms with Crippen molar-refractivity contribution in [3.63, 3.8) is 0 Å². The number of hydrogen-bond acceptors (Lipinski definition) is 3. The van der Waals surface area contributed by atoms with Crippen LogP contribution in [0.5, 0.6) is 0 Å². The van der Waals surface area contributed by atoms with E-state index in [1.807, 2.05) is 0 Å². The summed E-state index contributed by atoms with van der Waals surface area (Å²) in [4.78, 5) is 11.5. The topological polar surface area (TPSA) is 90.0 Å². The summed E-state index contributed by atoms with van der Waals surface area (Å²) in [6, 6.07) is 1.53. The van der Waals surface area contributed by atoms with Crippen LogP contribution in [0.2, 0.25) is 0 Å². The van der Waals surface area contributed by atoms with Gasteiger partial charge in [-0.1, -0.05) is 12.8 Å². The lowest BCUT2D eigenvalue weighted by Gasteiger charge is -2.22. The molecular weight excluding hydrogens is 220 g/mol. The molecule has 2 amide bonds. The van der Waals surface area contributed by atoms with Gasteiger partial charge in [-0.3, -0.25) is 5.10 Å². The van der Waals surface area contributed by atoms with Gasteiger partial charge in [-0.15, -0.1) is 0 Å². The monoisotopic (exact) mass is 238 g/mol. The smallest absolute Gasteiger partial charge is 0.315 e. The Bertz CT molecular complexity index is 358. The minimum absolute atomic E-state index is 0.264. The number of hydrogen-bond donors (Lipinski definition) is 4. The van der Waals surface area contributed by atoms with Gasteiger partial charge in [0, 0.05) is 12.7 Å². The lowest BCUT2D eigenvalue weighted by molar-refractivity contribution is 0.0501. The Morgan fingerprint density at radius 2 is 2.24 bits per heavy atom. The summed E-state index contributed by atoms with van der Waals surface area (Å²) in [6.07, 6.45) is 5.25. The molecule has 1 fully saturated rings. The lowest BCUT2D eigenvalue weighted by Crippen LogP contribution is -2.44. The van der Waals surface area contributed by atoms with E-state index in [1.54, 1.807) is 12.3 Å². The first kappa shape index (κ1) is 11.9. The largest absolute Gasteiger partial charge is 0.388 e. The Hall–Kier alpha value is -1.56. The zero-order chi connectivity index (χ0) is 12.1. The van der Waals surface area contributed by atoms with Crippen LogP contribution >= 0.6 is 0 Å². The van der Waals surface area contributed by atoms with E-state index in [4.69, 9.17) is 0 Å². The number of aromatic nitrogens is 2. The Balaban J connectivity index is 1.67. The van der Waals surface area contributed by atoms with Gasteiger partial charge in [0.05, 0.1) is 17.8 Å². The maximum absolute atomic E-state index is 11.5. The zero-order valence-electron chi connectivity index (χ0n) is 9.70. The predicted molar refractivity (Wildman–Crippen MR) is 62.2 cm³/mol. The third-order valence-electron chi connectivity index (χ3n) is 3.11. The van der Waals surface area contributed by atoms with Gasteiger partial charge in [-0.05, 0) is 18.9 Å². The molecule has 0 unspecified atom stereocenters. The molecular formula is C11H18N4O2. The van der Waals surface area contributed by atoms with Gasteiger partial charge in [0.25, 0.3) is 0 Å². The molecule has 1 heterocycles. The number of nitrogens with zero attached hydrogens (tertiary/aromatic N) is 1. The summed E-state index contributed by atoms with van der Waals surface area (Å²) in [7, 11) is 0. The Labute approximate surface area is 99.8 Å². The average molecular weight is 238 g/mol. The van der Waals surface area contributed by atoms with Crippen LogP contribution in [-0.4, -0.2) is 33.5 Å². The van der Waals surface area contributed by atoms with Crippen molar-refractivity contribution >= 4 is 6.03 Å². The summed E-state index contributed by atoms with van der Waals surface area (Å²) in [5, 5.41) is 22.0. The number of aliphatic hydroxyl groups is 1. The van der Waals surface area contributed by atoms with E-state index in [-0.39, 0.29) is 6.03 Å². The van der Waals surface area contributed by atoms with Gasteiger partial charge >= 0.3 is 6.03 Å². The van der Waals surface area contributed by atoms with Gasteiger partial charge in [-0.25, -0.2) is 4.79 Å². The third kappa shape index (κ3) is 3.45. The molecule has 1 aliphatic carbocycles. The number of nitrogens with one attached hydrogen (secondary N) is 3. The number of H-pyrrole nitrogens is 1. The molecule has 0 saturated heterocycles. The lowest BCUT2D eigenvalue weighted by atomic mass is 10.0. The van der Waals surface area contributed by atoms with E-state index in [0.29, 0.717) is 13.1 Å². The fourth-order valence-electron chi connectivity index (χ4n) is 2.08. The molecule has 1 aliphatic rings. The van der Waals surface area contributed by atoms with Crippen molar-refractivity contribution in [2.45, 2.75) is 37.8 Å². The highest BCUT2D eigenvalue weighted by Gasteiger charge is 2.31. The number of aromatic amines is 1. The summed E-state index contributed by atoms with van der Waals surface area (Å²) >= 11 is 0. The van der Waals surface area contributed by atoms with Crippen LogP contribution < -0.4 is 10.6 Å². The van der Waals surface area contributed by atoms with Gasteiger partial charge < -0.3 is 15.7 Å². The Kier molecular flexibility index (Phi) is 3.63. The molecule has 0 bridgehead atoms. The molecule has 1 aromatic rings. The highest BCUT2D eigenvalue weighted by molar-refractivity contribution is 5.73. The second-order valence-corrected chi connectivity index (χ2v) is 4.55. The first-order chi connectivity index (χ1) is 8.18. The molecule has 94 valence electrons. The molecule has 0 aliphatic heterocycles. The molecule has 0 atom stereocenters. The van der Waals surface area contributed by atoms with Gasteiger partial charge in [0.1, 0.15) is 0 Å². The molecule has 0 spiro atoms. The molecule has 1 aromatic heterocycles. The van der Waals surface area contributed by atoms with Crippen molar-refractivity contribution in [3.8, 4) is 0 Å². The standard InChI is InChI=1S/C11H18N4O2/c16-10(12-7-9-3-6-14-15-9)13-8-11(17)4-1-2-5-11/h3,6,17H,1-2,4-5,7-8H2,(H,14,15)(H2,12,13,16). The van der Waals surface area contributed by atoms with E-state index >= 15 is 0 Å². The fraction of sp³-hybridized carbons (Fsp3) is 0.636. The first-order valence-electron chi connectivity index (χ1n) is 5.90. The molecule has 0 aromatic carbocycles. The van der Waals surface area contributed by atoms with Crippen molar-refractivity contribution in [2.75, 3.05) is 6.54 Å². The van der Waals surface area contributed by atoms with E-state index in [2.05, 4.69) is 20.8 Å². The molecule has 6 nitrogen and oxygen atoms in total. The van der Waals surface area contributed by atoms with E-state index in [9.17, 15) is 9.90 Å². The van der Waals surface area contributed by atoms with Crippen LogP contribution in [0.3, 0.4) is 0 Å². The average Bonchev–Trinajstić information content (AvgIpc) is 2.95. The maximum Gasteiger partial charge on any atom is 0.315 e. The number of urea groups is 1. The molecule has 17 heavy (non-hydrogen) atoms. The van der Waals surface area contributed by atoms with E-state index < -0.39 is 5.60 Å². The Morgan fingerprint density at radius 1 is 1.47 bits per heavy atom. The zero-order valence-corrected chi connectivity index (χ0v) is 9.70. The molecule has 0 radical (unpaired) electrons. The Morgan fingerprint density at radius 3 is 2.88 bits per heavy atom. The fourth-order valence-corrected chi connectivity index (χ4v) is 2.08. The second-order valence-electron chi connectivity index (χ2n) is 4.55. The quantitative estimate of drug-likeness (QED) is 0.616. The van der Waals surface area contributed by atoms with Crippen LogP contribution in [0.4, 0.5) is 4.79 Å². The first-order valence-corrected chi connectivity index (χ1v) is 5.90. The number of amides is 2. The SMILES string of the molecule is O=C(NCc1ccn[nH]1)NCC1(O)CCCC1. The van der Waals surface area contributed by atoms with Crippen LogP contribution in [-0.2, 0) is 6.54 Å². The van der Waals surface area contributed by atoms with Gasteiger partial charge in [0.2, 0.25) is 0 Å². The normalized spacial score (nSPS) is 17.9. The number of carbonyl (C=O) groups is 1. The minimum Gasteiger partial charge on any atom is -0.388 e. The minimum atomic E-state index is -0.703. The van der Waals surface area contributed by atoms with Crippen molar-refractivity contribution in [2.24, 2.45) is 0 Å². The number of carbonyl (C=O) groups excluding carboxylic acids is 1. The predicted octanol–water partition coefficient (Wildman–Crippen LogP) is 0.514. The van der Waals surface area contributed by atoms with E-state index in [0.717, 1.165) is 31.4 Å². The van der Waals surface area contributed by atoms with Crippen LogP contribution in [0.1, 0.15) is 31.4 Å². The van der Waals surface area contributed by atoms with Crippen molar-refractivity contribution in [3.05, 3.63) is 18.0 Å². The van der Waals surface area contributed by atoms with Crippen molar-refractivity contribution in [1.29, 1.82) is 0 Å². The highest BCUT2D eigenvalue weighted by Crippen LogP contribution is 2.28. The van der Waals surface area contributed by atoms with Crippen LogP contribution in [0.15, 0.2) is 12.3 Å². The van der Waals surface area contributed by atoms with E-state index in [1.165, 1.54) is 0 Å². The third-order valence-corrected chi connectivity index (χ3v) is 3.11. The van der Waals surface area contributed by atoms with Gasteiger partial charge in [-0.2, -0.15) is 5.10 Å². The molecule has 2 rings (SSSR count). The second kappa shape index (κ2) is 5.18.